The van der Waals surface area contributed by atoms with E-state index in [0.29, 0.717) is 5.95 Å². The lowest BCUT2D eigenvalue weighted by Crippen LogP contribution is -2.38. The van der Waals surface area contributed by atoms with Gasteiger partial charge in [-0.2, -0.15) is 0 Å². The third-order valence-corrected chi connectivity index (χ3v) is 5.23. The Hall–Kier alpha value is -3.75. The zero-order valence-corrected chi connectivity index (χ0v) is 15.7. The van der Waals surface area contributed by atoms with Gasteiger partial charge in [0.2, 0.25) is 11.9 Å². The molecular weight excluding hydrogens is 368 g/mol. The number of hydrogen-bond donors (Lipinski definition) is 2. The van der Waals surface area contributed by atoms with Crippen molar-refractivity contribution in [1.29, 1.82) is 0 Å². The number of para-hydroxylation sites is 2. The topological polar surface area (TPSA) is 105 Å². The predicted octanol–water partition coefficient (Wildman–Crippen LogP) is 2.39. The lowest BCUT2D eigenvalue weighted by Gasteiger charge is -2.32. The van der Waals surface area contributed by atoms with Crippen molar-refractivity contribution in [3.05, 3.63) is 55.4 Å². The molecule has 4 aromatic rings. The number of H-pyrrole nitrogens is 1. The Kier molecular flexibility index (Phi) is 4.39. The van der Waals surface area contributed by atoms with Gasteiger partial charge in [-0.15, -0.1) is 0 Å². The summed E-state index contributed by atoms with van der Waals surface area (Å²) in [7, 11) is 0. The number of carbonyl (C=O) groups excluding carboxylic acids is 1. The molecule has 0 aliphatic carbocycles. The molecule has 0 spiro atoms. The van der Waals surface area contributed by atoms with E-state index in [1.807, 2.05) is 41.1 Å². The Morgan fingerprint density at radius 3 is 2.76 bits per heavy atom. The van der Waals surface area contributed by atoms with E-state index in [4.69, 9.17) is 0 Å². The minimum Gasteiger partial charge on any atom is -0.356 e. The van der Waals surface area contributed by atoms with Crippen LogP contribution in [0.4, 0.5) is 11.8 Å². The fourth-order valence-electron chi connectivity index (χ4n) is 3.65. The molecule has 0 atom stereocenters. The van der Waals surface area contributed by atoms with Crippen molar-refractivity contribution in [2.75, 3.05) is 23.3 Å². The molecule has 4 heterocycles. The van der Waals surface area contributed by atoms with Crippen LogP contribution in [0.2, 0.25) is 0 Å². The number of fused-ring (bicyclic) bond motifs is 1. The first-order chi connectivity index (χ1) is 14.3. The second-order valence-corrected chi connectivity index (χ2v) is 7.06. The van der Waals surface area contributed by atoms with E-state index >= 15 is 0 Å². The number of imidazole rings is 2. The van der Waals surface area contributed by atoms with E-state index < -0.39 is 0 Å². The van der Waals surface area contributed by atoms with Gasteiger partial charge in [0.25, 0.3) is 0 Å². The average molecular weight is 388 g/mol. The highest BCUT2D eigenvalue weighted by Gasteiger charge is 2.26. The van der Waals surface area contributed by atoms with Gasteiger partial charge in [0.05, 0.1) is 11.0 Å². The number of piperidine rings is 1. The highest BCUT2D eigenvalue weighted by atomic mass is 16.2. The third kappa shape index (κ3) is 3.54. The maximum Gasteiger partial charge on any atom is 0.229 e. The van der Waals surface area contributed by atoms with Gasteiger partial charge in [-0.1, -0.05) is 12.1 Å². The van der Waals surface area contributed by atoms with E-state index in [1.165, 1.54) is 0 Å². The quantitative estimate of drug-likeness (QED) is 0.556. The van der Waals surface area contributed by atoms with Crippen LogP contribution in [0.25, 0.3) is 16.9 Å². The molecule has 29 heavy (non-hydrogen) atoms. The van der Waals surface area contributed by atoms with Crippen LogP contribution in [0.1, 0.15) is 12.8 Å². The second-order valence-electron chi connectivity index (χ2n) is 7.06. The molecule has 1 aliphatic heterocycles. The number of rotatable bonds is 4. The molecule has 5 rings (SSSR count). The van der Waals surface area contributed by atoms with Crippen molar-refractivity contribution in [3.8, 4) is 5.82 Å². The van der Waals surface area contributed by atoms with E-state index in [2.05, 4.69) is 35.1 Å². The van der Waals surface area contributed by atoms with Crippen molar-refractivity contribution in [2.45, 2.75) is 12.8 Å². The monoisotopic (exact) mass is 388 g/mol. The van der Waals surface area contributed by atoms with Crippen LogP contribution < -0.4 is 10.2 Å². The molecular formula is C20H20N8O. The minimum atomic E-state index is -0.0468. The van der Waals surface area contributed by atoms with Gasteiger partial charge in [-0.05, 0) is 25.0 Å². The Labute approximate surface area is 166 Å². The Morgan fingerprint density at radius 1 is 1.14 bits per heavy atom. The van der Waals surface area contributed by atoms with Crippen LogP contribution >= 0.6 is 0 Å². The Balaban J connectivity index is 1.22. The van der Waals surface area contributed by atoms with Crippen molar-refractivity contribution in [2.24, 2.45) is 5.92 Å². The van der Waals surface area contributed by atoms with Gasteiger partial charge >= 0.3 is 0 Å². The molecule has 2 N–H and O–H groups in total. The summed E-state index contributed by atoms with van der Waals surface area (Å²) in [5.74, 6) is 2.09. The molecule has 0 bridgehead atoms. The molecule has 146 valence electrons. The fourth-order valence-corrected chi connectivity index (χ4v) is 3.65. The summed E-state index contributed by atoms with van der Waals surface area (Å²) >= 11 is 0. The van der Waals surface area contributed by atoms with Crippen LogP contribution in [0.3, 0.4) is 0 Å². The van der Waals surface area contributed by atoms with Crippen molar-refractivity contribution in [3.63, 3.8) is 0 Å². The van der Waals surface area contributed by atoms with Crippen LogP contribution in [-0.4, -0.2) is 48.5 Å². The van der Waals surface area contributed by atoms with Gasteiger partial charge < -0.3 is 9.88 Å². The number of hydrogen-bond acceptors (Lipinski definition) is 6. The number of amides is 1. The van der Waals surface area contributed by atoms with Gasteiger partial charge in [0, 0.05) is 37.5 Å². The number of nitrogens with zero attached hydrogens (tertiary/aromatic N) is 6. The van der Waals surface area contributed by atoms with Gasteiger partial charge in [0.1, 0.15) is 24.3 Å². The van der Waals surface area contributed by atoms with Crippen LogP contribution in [-0.2, 0) is 4.79 Å². The smallest absolute Gasteiger partial charge is 0.229 e. The molecule has 0 unspecified atom stereocenters. The highest BCUT2D eigenvalue weighted by molar-refractivity contribution is 5.92. The number of aromatic amines is 1. The second kappa shape index (κ2) is 7.34. The summed E-state index contributed by atoms with van der Waals surface area (Å²) in [6.07, 6.45) is 8.35. The lowest BCUT2D eigenvalue weighted by molar-refractivity contribution is -0.120. The van der Waals surface area contributed by atoms with Gasteiger partial charge in [-0.25, -0.2) is 19.9 Å². The van der Waals surface area contributed by atoms with E-state index in [9.17, 15) is 4.79 Å². The first kappa shape index (κ1) is 17.4. The summed E-state index contributed by atoms with van der Waals surface area (Å²) in [5.41, 5.74) is 1.75. The van der Waals surface area contributed by atoms with Crippen molar-refractivity contribution in [1.82, 2.24) is 29.5 Å². The zero-order valence-electron chi connectivity index (χ0n) is 15.7. The standard InChI is InChI=1S/C20H20N8O/c29-19(26-20-24-15-3-1-2-4-16(15)25-20)14-5-8-27(9-6-14)17-11-18(23-12-22-17)28-10-7-21-13-28/h1-4,7,10-14H,5-6,8-9H2,(H2,24,25,26,29). The summed E-state index contributed by atoms with van der Waals surface area (Å²) in [4.78, 5) is 35.2. The number of carbonyl (C=O) groups is 1. The summed E-state index contributed by atoms with van der Waals surface area (Å²) in [5, 5.41) is 2.92. The number of aromatic nitrogens is 6. The maximum absolute atomic E-state index is 12.7. The number of nitrogens with one attached hydrogen (secondary N) is 2. The summed E-state index contributed by atoms with van der Waals surface area (Å²) in [6, 6.07) is 9.66. The predicted molar refractivity (Wildman–Crippen MR) is 109 cm³/mol. The van der Waals surface area contributed by atoms with Crippen molar-refractivity contribution >= 4 is 28.7 Å². The molecule has 9 heteroatoms. The van der Waals surface area contributed by atoms with Gasteiger partial charge in [-0.3, -0.25) is 14.7 Å². The zero-order chi connectivity index (χ0) is 19.6. The SMILES string of the molecule is O=C(Nc1nc2ccccc2[nH]1)C1CCN(c2cc(-n3ccnc3)ncn2)CC1. The van der Waals surface area contributed by atoms with Crippen molar-refractivity contribution < 1.29 is 4.79 Å². The van der Waals surface area contributed by atoms with E-state index in [0.717, 1.165) is 48.6 Å². The molecule has 0 radical (unpaired) electrons. The molecule has 0 saturated carbocycles. The summed E-state index contributed by atoms with van der Waals surface area (Å²) in [6.45, 7) is 1.52. The maximum atomic E-state index is 12.7. The molecule has 3 aromatic heterocycles. The number of anilines is 2. The van der Waals surface area contributed by atoms with Crippen LogP contribution in [0.15, 0.2) is 55.4 Å². The molecule has 1 fully saturated rings. The largest absolute Gasteiger partial charge is 0.356 e. The minimum absolute atomic E-state index is 0.00509. The first-order valence-corrected chi connectivity index (χ1v) is 9.57. The molecule has 9 nitrogen and oxygen atoms in total. The average Bonchev–Trinajstić information content (AvgIpc) is 3.43. The molecule has 1 amide bonds. The Bertz CT molecular complexity index is 1100. The first-order valence-electron chi connectivity index (χ1n) is 9.57. The normalized spacial score (nSPS) is 15.0. The van der Waals surface area contributed by atoms with E-state index in [1.54, 1.807) is 18.9 Å². The molecule has 1 aliphatic rings. The van der Waals surface area contributed by atoms with Crippen LogP contribution in [0, 0.1) is 5.92 Å². The Morgan fingerprint density at radius 2 is 1.97 bits per heavy atom. The summed E-state index contributed by atoms with van der Waals surface area (Å²) < 4.78 is 1.85. The van der Waals surface area contributed by atoms with Crippen LogP contribution in [0.5, 0.6) is 0 Å². The lowest BCUT2D eigenvalue weighted by atomic mass is 9.96. The highest BCUT2D eigenvalue weighted by Crippen LogP contribution is 2.24. The number of benzene rings is 1. The van der Waals surface area contributed by atoms with Gasteiger partial charge in [0.15, 0.2) is 0 Å². The van der Waals surface area contributed by atoms with E-state index in [-0.39, 0.29) is 11.8 Å². The fraction of sp³-hybridized carbons (Fsp3) is 0.250. The third-order valence-electron chi connectivity index (χ3n) is 5.23. The molecule has 1 aromatic carbocycles. The molecule has 1 saturated heterocycles.